The summed E-state index contributed by atoms with van der Waals surface area (Å²) in [6.45, 7) is 15.9. The molecule has 0 aromatic heterocycles. The molecule has 0 heterocycles. The van der Waals surface area contributed by atoms with Gasteiger partial charge < -0.3 is 5.32 Å². The lowest BCUT2D eigenvalue weighted by Gasteiger charge is -2.44. The molecule has 1 atom stereocenters. The third-order valence-electron chi connectivity index (χ3n) is 4.01. The molecule has 0 saturated heterocycles. The number of nitrogens with zero attached hydrogens (tertiary/aromatic N) is 1. The Kier molecular flexibility index (Phi) is 8.29. The molecular formula is C16H35N3OS. The van der Waals surface area contributed by atoms with Gasteiger partial charge in [-0.25, -0.2) is 0 Å². The van der Waals surface area contributed by atoms with E-state index in [0.717, 1.165) is 13.0 Å². The Balaban J connectivity index is 4.90. The van der Waals surface area contributed by atoms with Gasteiger partial charge in [0.05, 0.1) is 0 Å². The summed E-state index contributed by atoms with van der Waals surface area (Å²) < 4.78 is 2.97. The van der Waals surface area contributed by atoms with E-state index in [1.165, 1.54) is 0 Å². The summed E-state index contributed by atoms with van der Waals surface area (Å²) in [5.74, 6) is 0.111. The Morgan fingerprint density at radius 2 is 1.71 bits per heavy atom. The quantitative estimate of drug-likeness (QED) is 0.642. The third kappa shape index (κ3) is 7.02. The summed E-state index contributed by atoms with van der Waals surface area (Å²) in [7, 11) is 4.13. The predicted octanol–water partition coefficient (Wildman–Crippen LogP) is 2.89. The van der Waals surface area contributed by atoms with Crippen molar-refractivity contribution in [3.05, 3.63) is 0 Å². The standard InChI is InChI=1S/C16H35N3OS/c1-12(2)14(20)18-21-16(7,11-17-8)10-15(5,6)19(9)13(3)4/h12-13,17H,10-11H2,1-9H3,(H,18,20). The second kappa shape index (κ2) is 8.39. The van der Waals surface area contributed by atoms with Crippen LogP contribution in [0.25, 0.3) is 0 Å². The van der Waals surface area contributed by atoms with Gasteiger partial charge in [-0.05, 0) is 67.1 Å². The zero-order chi connectivity index (χ0) is 16.8. The van der Waals surface area contributed by atoms with E-state index in [9.17, 15) is 4.79 Å². The molecule has 0 bridgehead atoms. The zero-order valence-corrected chi connectivity index (χ0v) is 16.1. The number of nitrogens with one attached hydrogen (secondary N) is 2. The maximum Gasteiger partial charge on any atom is 0.232 e. The average molecular weight is 318 g/mol. The summed E-state index contributed by atoms with van der Waals surface area (Å²) in [6, 6.07) is 0.495. The molecule has 4 nitrogen and oxygen atoms in total. The molecule has 21 heavy (non-hydrogen) atoms. The minimum Gasteiger partial charge on any atom is -0.318 e. The van der Waals surface area contributed by atoms with Crippen LogP contribution in [0.3, 0.4) is 0 Å². The van der Waals surface area contributed by atoms with Crippen LogP contribution in [-0.2, 0) is 4.79 Å². The van der Waals surface area contributed by atoms with Crippen LogP contribution >= 0.6 is 11.9 Å². The SMILES string of the molecule is CNCC(C)(CC(C)(C)N(C)C(C)C)SNC(=O)C(C)C. The van der Waals surface area contributed by atoms with Crippen molar-refractivity contribution in [2.45, 2.75) is 71.2 Å². The summed E-state index contributed by atoms with van der Waals surface area (Å²) in [4.78, 5) is 14.2. The third-order valence-corrected chi connectivity index (χ3v) is 5.09. The fourth-order valence-corrected chi connectivity index (χ4v) is 3.76. The second-order valence-electron chi connectivity index (χ2n) is 7.40. The lowest BCUT2D eigenvalue weighted by Crippen LogP contribution is -2.51. The first-order valence-corrected chi connectivity index (χ1v) is 8.62. The second-order valence-corrected chi connectivity index (χ2v) is 8.79. The first-order chi connectivity index (χ1) is 9.45. The number of hydrogen-bond donors (Lipinski definition) is 2. The first-order valence-electron chi connectivity index (χ1n) is 7.80. The molecule has 0 aliphatic carbocycles. The van der Waals surface area contributed by atoms with Crippen molar-refractivity contribution in [1.29, 1.82) is 0 Å². The highest BCUT2D eigenvalue weighted by atomic mass is 32.2. The van der Waals surface area contributed by atoms with E-state index in [-0.39, 0.29) is 22.1 Å². The molecular weight excluding hydrogens is 282 g/mol. The Morgan fingerprint density at radius 1 is 1.19 bits per heavy atom. The summed E-state index contributed by atoms with van der Waals surface area (Å²) in [5.41, 5.74) is 0.0648. The van der Waals surface area contributed by atoms with Crippen LogP contribution in [-0.4, -0.2) is 47.8 Å². The number of hydrogen-bond acceptors (Lipinski definition) is 4. The van der Waals surface area contributed by atoms with Crippen LogP contribution in [0.5, 0.6) is 0 Å². The van der Waals surface area contributed by atoms with Crippen molar-refractivity contribution >= 4 is 17.9 Å². The van der Waals surface area contributed by atoms with Crippen LogP contribution in [0, 0.1) is 5.92 Å². The van der Waals surface area contributed by atoms with Crippen molar-refractivity contribution in [3.8, 4) is 0 Å². The number of amides is 1. The molecule has 0 saturated carbocycles. The number of carbonyl (C=O) groups excluding carboxylic acids is 1. The molecule has 5 heteroatoms. The van der Waals surface area contributed by atoms with E-state index in [1.54, 1.807) is 11.9 Å². The van der Waals surface area contributed by atoms with Gasteiger partial charge in [-0.1, -0.05) is 13.8 Å². The number of carbonyl (C=O) groups is 1. The Bertz CT molecular complexity index is 331. The van der Waals surface area contributed by atoms with Crippen molar-refractivity contribution in [2.75, 3.05) is 20.6 Å². The Morgan fingerprint density at radius 3 is 2.10 bits per heavy atom. The molecule has 0 radical (unpaired) electrons. The molecule has 2 N–H and O–H groups in total. The van der Waals surface area contributed by atoms with Gasteiger partial charge in [0, 0.05) is 28.8 Å². The molecule has 0 fully saturated rings. The Hall–Kier alpha value is -0.260. The summed E-state index contributed by atoms with van der Waals surface area (Å²) in [5, 5.41) is 3.26. The largest absolute Gasteiger partial charge is 0.318 e. The molecule has 0 aliphatic rings. The maximum absolute atomic E-state index is 11.8. The van der Waals surface area contributed by atoms with Crippen LogP contribution in [0.2, 0.25) is 0 Å². The van der Waals surface area contributed by atoms with E-state index < -0.39 is 0 Å². The highest BCUT2D eigenvalue weighted by Crippen LogP contribution is 2.34. The van der Waals surface area contributed by atoms with Gasteiger partial charge in [0.15, 0.2) is 0 Å². The monoisotopic (exact) mass is 317 g/mol. The molecule has 1 amide bonds. The van der Waals surface area contributed by atoms with Gasteiger partial charge in [-0.3, -0.25) is 14.4 Å². The van der Waals surface area contributed by atoms with E-state index in [0.29, 0.717) is 6.04 Å². The molecule has 0 spiro atoms. The topological polar surface area (TPSA) is 44.4 Å². The molecule has 0 rings (SSSR count). The summed E-state index contributed by atoms with van der Waals surface area (Å²) >= 11 is 1.55. The highest BCUT2D eigenvalue weighted by molar-refractivity contribution is 7.99. The molecule has 0 aromatic rings. The van der Waals surface area contributed by atoms with Crippen molar-refractivity contribution in [1.82, 2.24) is 14.9 Å². The molecule has 1 unspecified atom stereocenters. The molecule has 0 aromatic carbocycles. The van der Waals surface area contributed by atoms with Gasteiger partial charge in [-0.15, -0.1) is 0 Å². The van der Waals surface area contributed by atoms with Crippen molar-refractivity contribution in [3.63, 3.8) is 0 Å². The smallest absolute Gasteiger partial charge is 0.232 e. The normalized spacial score (nSPS) is 15.6. The molecule has 0 aliphatic heterocycles. The maximum atomic E-state index is 11.8. The van der Waals surface area contributed by atoms with Crippen LogP contribution in [0.4, 0.5) is 0 Å². The fraction of sp³-hybridized carbons (Fsp3) is 0.938. The van der Waals surface area contributed by atoms with E-state index in [2.05, 4.69) is 56.6 Å². The predicted molar refractivity (Wildman–Crippen MR) is 94.5 cm³/mol. The van der Waals surface area contributed by atoms with Gasteiger partial charge in [0.25, 0.3) is 0 Å². The van der Waals surface area contributed by atoms with E-state index in [1.807, 2.05) is 20.9 Å². The van der Waals surface area contributed by atoms with Crippen molar-refractivity contribution in [2.24, 2.45) is 5.92 Å². The van der Waals surface area contributed by atoms with Crippen molar-refractivity contribution < 1.29 is 4.79 Å². The number of rotatable bonds is 9. The van der Waals surface area contributed by atoms with E-state index >= 15 is 0 Å². The fourth-order valence-electron chi connectivity index (χ4n) is 2.54. The lowest BCUT2D eigenvalue weighted by molar-refractivity contribution is -0.122. The highest BCUT2D eigenvalue weighted by Gasteiger charge is 2.36. The van der Waals surface area contributed by atoms with Crippen LogP contribution in [0.1, 0.15) is 54.9 Å². The van der Waals surface area contributed by atoms with Gasteiger partial charge in [0.1, 0.15) is 0 Å². The minimum absolute atomic E-state index is 0.0164. The minimum atomic E-state index is -0.0497. The van der Waals surface area contributed by atoms with Crippen LogP contribution in [0.15, 0.2) is 0 Å². The lowest BCUT2D eigenvalue weighted by atomic mass is 9.88. The van der Waals surface area contributed by atoms with Gasteiger partial charge in [-0.2, -0.15) is 0 Å². The summed E-state index contributed by atoms with van der Waals surface area (Å²) in [6.07, 6.45) is 0.985. The van der Waals surface area contributed by atoms with Gasteiger partial charge in [0.2, 0.25) is 5.91 Å². The average Bonchev–Trinajstić information content (AvgIpc) is 2.34. The van der Waals surface area contributed by atoms with E-state index in [4.69, 9.17) is 0 Å². The van der Waals surface area contributed by atoms with Crippen LogP contribution < -0.4 is 10.0 Å². The first kappa shape index (κ1) is 20.7. The molecule has 126 valence electrons. The Labute approximate surface area is 135 Å². The van der Waals surface area contributed by atoms with Gasteiger partial charge >= 0.3 is 0 Å². The zero-order valence-electron chi connectivity index (χ0n) is 15.3.